The predicted molar refractivity (Wildman–Crippen MR) is 101 cm³/mol. The topological polar surface area (TPSA) is 32.3 Å². The molecule has 128 valence electrons. The molecule has 24 heavy (non-hydrogen) atoms. The highest BCUT2D eigenvalue weighted by Crippen LogP contribution is 2.32. The fourth-order valence-corrected chi connectivity index (χ4v) is 5.55. The fraction of sp³-hybridized carbons (Fsp3) is 0.526. The number of nitrogens with zero attached hydrogens (tertiary/aromatic N) is 1. The lowest BCUT2D eigenvalue weighted by atomic mass is 9.83. The third-order valence-electron chi connectivity index (χ3n) is 5.49. The van der Waals surface area contributed by atoms with Crippen LogP contribution in [0.3, 0.4) is 0 Å². The first kappa shape index (κ1) is 16.4. The molecule has 0 bridgehead atoms. The molecule has 1 N–H and O–H groups in total. The highest BCUT2D eigenvalue weighted by Gasteiger charge is 2.33. The van der Waals surface area contributed by atoms with Gasteiger partial charge in [-0.25, -0.2) is 0 Å². The Morgan fingerprint density at radius 1 is 1.25 bits per heavy atom. The average Bonchev–Trinajstić information content (AvgIpc) is 3.05. The maximum absolute atomic E-state index is 12.6. The number of hydrogen-bond donors (Lipinski definition) is 1. The van der Waals surface area contributed by atoms with Crippen LogP contribution in [-0.4, -0.2) is 36.5 Å². The molecule has 0 spiro atoms. The average molecular weight is 363 g/mol. The fourth-order valence-electron chi connectivity index (χ4n) is 4.26. The van der Waals surface area contributed by atoms with E-state index in [0.29, 0.717) is 17.0 Å². The predicted octanol–water partition coefficient (Wildman–Crippen LogP) is 4.55. The van der Waals surface area contributed by atoms with Crippen LogP contribution in [0.5, 0.6) is 0 Å². The van der Waals surface area contributed by atoms with Crippen LogP contribution in [0, 0.1) is 5.92 Å². The summed E-state index contributed by atoms with van der Waals surface area (Å²) in [7, 11) is 0. The van der Waals surface area contributed by atoms with Crippen molar-refractivity contribution in [3.8, 4) is 0 Å². The third kappa shape index (κ3) is 3.19. The Balaban J connectivity index is 1.42. The number of nitrogens with one attached hydrogen (secondary N) is 1. The number of carbonyl (C=O) groups excluding carboxylic acids is 1. The minimum absolute atomic E-state index is 0.0419. The molecule has 0 saturated carbocycles. The van der Waals surface area contributed by atoms with E-state index in [1.54, 1.807) is 0 Å². The Labute approximate surface area is 152 Å². The lowest BCUT2D eigenvalue weighted by Crippen LogP contribution is -2.50. The molecule has 2 aliphatic rings. The van der Waals surface area contributed by atoms with Gasteiger partial charge in [-0.1, -0.05) is 24.1 Å². The Morgan fingerprint density at radius 3 is 3.00 bits per heavy atom. The van der Waals surface area contributed by atoms with Gasteiger partial charge in [-0.3, -0.25) is 4.79 Å². The van der Waals surface area contributed by atoms with Gasteiger partial charge in [0.25, 0.3) is 5.91 Å². The SMILES string of the molecule is O=C(NC[C@@H]1CCCN2CCCC[C@H]12)c1cc2c(Cl)cccc2s1. The van der Waals surface area contributed by atoms with Gasteiger partial charge in [0.2, 0.25) is 0 Å². The summed E-state index contributed by atoms with van der Waals surface area (Å²) in [5.74, 6) is 0.640. The molecule has 1 amide bonds. The van der Waals surface area contributed by atoms with Crippen molar-refractivity contribution in [2.45, 2.75) is 38.1 Å². The zero-order chi connectivity index (χ0) is 16.5. The van der Waals surface area contributed by atoms with Crippen molar-refractivity contribution in [2.75, 3.05) is 19.6 Å². The first-order valence-electron chi connectivity index (χ1n) is 8.93. The molecule has 2 fully saturated rings. The Morgan fingerprint density at radius 2 is 2.12 bits per heavy atom. The smallest absolute Gasteiger partial charge is 0.261 e. The molecule has 0 unspecified atom stereocenters. The minimum Gasteiger partial charge on any atom is -0.351 e. The van der Waals surface area contributed by atoms with Gasteiger partial charge in [0.1, 0.15) is 0 Å². The van der Waals surface area contributed by atoms with Gasteiger partial charge in [0, 0.05) is 27.7 Å². The monoisotopic (exact) mass is 362 g/mol. The Kier molecular flexibility index (Phi) is 4.79. The second-order valence-electron chi connectivity index (χ2n) is 6.97. The van der Waals surface area contributed by atoms with Crippen molar-refractivity contribution in [2.24, 2.45) is 5.92 Å². The van der Waals surface area contributed by atoms with Gasteiger partial charge in [0.15, 0.2) is 0 Å². The van der Waals surface area contributed by atoms with Crippen molar-refractivity contribution >= 4 is 38.9 Å². The molecule has 3 nitrogen and oxygen atoms in total. The molecular weight excluding hydrogens is 340 g/mol. The zero-order valence-electron chi connectivity index (χ0n) is 13.8. The van der Waals surface area contributed by atoms with Crippen LogP contribution in [0.1, 0.15) is 41.8 Å². The number of thiophene rings is 1. The van der Waals surface area contributed by atoms with Crippen molar-refractivity contribution in [3.05, 3.63) is 34.2 Å². The summed E-state index contributed by atoms with van der Waals surface area (Å²) in [5.41, 5.74) is 0. The number of halogens is 1. The Bertz CT molecular complexity index is 742. The summed E-state index contributed by atoms with van der Waals surface area (Å²) >= 11 is 7.74. The van der Waals surface area contributed by atoms with Gasteiger partial charge >= 0.3 is 0 Å². The number of hydrogen-bond acceptors (Lipinski definition) is 3. The van der Waals surface area contributed by atoms with Gasteiger partial charge < -0.3 is 10.2 Å². The number of carbonyl (C=O) groups is 1. The number of amides is 1. The summed E-state index contributed by atoms with van der Waals surface area (Å²) in [5, 5.41) is 4.88. The van der Waals surface area contributed by atoms with Gasteiger partial charge in [0.05, 0.1) is 4.88 Å². The Hall–Kier alpha value is -1.10. The van der Waals surface area contributed by atoms with Crippen molar-refractivity contribution < 1.29 is 4.79 Å². The van der Waals surface area contributed by atoms with Crippen LogP contribution in [0.2, 0.25) is 5.02 Å². The largest absolute Gasteiger partial charge is 0.351 e. The lowest BCUT2D eigenvalue weighted by Gasteiger charge is -2.44. The van der Waals surface area contributed by atoms with E-state index in [-0.39, 0.29) is 5.91 Å². The van der Waals surface area contributed by atoms with E-state index in [4.69, 9.17) is 11.6 Å². The molecular formula is C19H23ClN2OS. The van der Waals surface area contributed by atoms with Crippen LogP contribution in [0.25, 0.3) is 10.1 Å². The van der Waals surface area contributed by atoms with Crippen molar-refractivity contribution in [1.29, 1.82) is 0 Å². The molecule has 3 heterocycles. The first-order chi connectivity index (χ1) is 11.7. The molecule has 0 radical (unpaired) electrons. The summed E-state index contributed by atoms with van der Waals surface area (Å²) in [6, 6.07) is 8.42. The molecule has 0 aliphatic carbocycles. The zero-order valence-corrected chi connectivity index (χ0v) is 15.3. The van der Waals surface area contributed by atoms with Crippen LogP contribution in [0.15, 0.2) is 24.3 Å². The van der Waals surface area contributed by atoms with E-state index in [1.165, 1.54) is 56.5 Å². The van der Waals surface area contributed by atoms with E-state index < -0.39 is 0 Å². The summed E-state index contributed by atoms with van der Waals surface area (Å²) in [6.07, 6.45) is 6.45. The molecule has 2 saturated heterocycles. The third-order valence-corrected chi connectivity index (χ3v) is 6.91. The number of benzene rings is 1. The summed E-state index contributed by atoms with van der Waals surface area (Å²) < 4.78 is 1.07. The van der Waals surface area contributed by atoms with Gasteiger partial charge in [-0.2, -0.15) is 0 Å². The minimum atomic E-state index is 0.0419. The molecule has 2 atom stereocenters. The standard InChI is InChI=1S/C19H23ClN2OS/c20-15-6-3-8-17-14(15)11-18(24-17)19(23)21-12-13-5-4-10-22-9-2-1-7-16(13)22/h3,6,8,11,13,16H,1-2,4-5,7,9-10,12H2,(H,21,23)/t13-,16+/m0/s1. The maximum atomic E-state index is 12.6. The second-order valence-corrected chi connectivity index (χ2v) is 8.46. The summed E-state index contributed by atoms with van der Waals surface area (Å²) in [4.78, 5) is 16.0. The quantitative estimate of drug-likeness (QED) is 0.868. The second kappa shape index (κ2) is 7.03. The number of piperidine rings is 2. The number of rotatable bonds is 3. The lowest BCUT2D eigenvalue weighted by molar-refractivity contribution is 0.0576. The maximum Gasteiger partial charge on any atom is 0.261 e. The van der Waals surface area contributed by atoms with Crippen molar-refractivity contribution in [1.82, 2.24) is 10.2 Å². The highest BCUT2D eigenvalue weighted by atomic mass is 35.5. The first-order valence-corrected chi connectivity index (χ1v) is 10.1. The van der Waals surface area contributed by atoms with E-state index in [0.717, 1.165) is 21.5 Å². The van der Waals surface area contributed by atoms with Gasteiger partial charge in [-0.05, 0) is 62.9 Å². The van der Waals surface area contributed by atoms with Crippen LogP contribution in [0.4, 0.5) is 0 Å². The number of fused-ring (bicyclic) bond motifs is 2. The van der Waals surface area contributed by atoms with Crippen LogP contribution in [-0.2, 0) is 0 Å². The highest BCUT2D eigenvalue weighted by molar-refractivity contribution is 7.20. The normalized spacial score (nSPS) is 24.7. The molecule has 1 aromatic heterocycles. The molecule has 1 aromatic carbocycles. The summed E-state index contributed by atoms with van der Waals surface area (Å²) in [6.45, 7) is 3.27. The molecule has 2 aromatic rings. The van der Waals surface area contributed by atoms with Gasteiger partial charge in [-0.15, -0.1) is 11.3 Å². The van der Waals surface area contributed by atoms with Crippen LogP contribution >= 0.6 is 22.9 Å². The van der Waals surface area contributed by atoms with Crippen molar-refractivity contribution in [3.63, 3.8) is 0 Å². The van der Waals surface area contributed by atoms with E-state index >= 15 is 0 Å². The van der Waals surface area contributed by atoms with E-state index in [2.05, 4.69) is 10.2 Å². The van der Waals surface area contributed by atoms with Crippen LogP contribution < -0.4 is 5.32 Å². The van der Waals surface area contributed by atoms with E-state index in [1.807, 2.05) is 24.3 Å². The molecule has 5 heteroatoms. The molecule has 4 rings (SSSR count). The van der Waals surface area contributed by atoms with E-state index in [9.17, 15) is 4.79 Å². The molecule has 2 aliphatic heterocycles.